The Balaban J connectivity index is 1.56. The first-order chi connectivity index (χ1) is 17.3. The fourth-order valence-electron chi connectivity index (χ4n) is 4.09. The molecule has 0 amide bonds. The number of ether oxygens (including phenoxy) is 4. The second-order valence-corrected chi connectivity index (χ2v) is 8.22. The van der Waals surface area contributed by atoms with E-state index in [0.29, 0.717) is 22.6 Å². The van der Waals surface area contributed by atoms with Gasteiger partial charge in [-0.05, 0) is 48.7 Å². The fourth-order valence-corrected chi connectivity index (χ4v) is 4.09. The van der Waals surface area contributed by atoms with E-state index in [2.05, 4.69) is 6.07 Å². The summed E-state index contributed by atoms with van der Waals surface area (Å²) in [6.07, 6.45) is 0. The summed E-state index contributed by atoms with van der Waals surface area (Å²) in [5, 5.41) is 9.74. The van der Waals surface area contributed by atoms with Crippen molar-refractivity contribution in [3.05, 3.63) is 99.9 Å². The van der Waals surface area contributed by atoms with Gasteiger partial charge in [0.05, 0.1) is 18.6 Å². The largest absolute Gasteiger partial charge is 0.481 e. The lowest BCUT2D eigenvalue weighted by atomic mass is 9.83. The molecule has 1 heterocycles. The minimum absolute atomic E-state index is 0.0473. The van der Waals surface area contributed by atoms with Crippen molar-refractivity contribution in [3.63, 3.8) is 0 Å². The van der Waals surface area contributed by atoms with E-state index >= 15 is 0 Å². The lowest BCUT2D eigenvalue weighted by molar-refractivity contribution is -0.136. The summed E-state index contributed by atoms with van der Waals surface area (Å²) in [5.41, 5.74) is 9.92. The minimum Gasteiger partial charge on any atom is -0.481 e. The minimum atomic E-state index is -0.579. The maximum Gasteiger partial charge on any atom is 0.349 e. The monoisotopic (exact) mass is 484 g/mol. The number of aryl methyl sites for hydroxylation is 2. The van der Waals surface area contributed by atoms with E-state index in [0.717, 1.165) is 16.7 Å². The molecule has 3 aromatic rings. The maximum atomic E-state index is 12.4. The quantitative estimate of drug-likeness (QED) is 0.406. The molecule has 0 aliphatic carbocycles. The van der Waals surface area contributed by atoms with Gasteiger partial charge in [0.25, 0.3) is 0 Å². The van der Waals surface area contributed by atoms with Gasteiger partial charge in [-0.25, -0.2) is 9.59 Å². The third-order valence-corrected chi connectivity index (χ3v) is 5.83. The Bertz CT molecular complexity index is 1380. The Morgan fingerprint density at radius 3 is 2.39 bits per heavy atom. The van der Waals surface area contributed by atoms with Crippen LogP contribution in [0, 0.1) is 25.2 Å². The second-order valence-electron chi connectivity index (χ2n) is 8.22. The number of para-hydroxylation sites is 1. The summed E-state index contributed by atoms with van der Waals surface area (Å²) >= 11 is 0. The number of nitriles is 1. The average molecular weight is 485 g/mol. The van der Waals surface area contributed by atoms with Crippen molar-refractivity contribution in [2.75, 3.05) is 13.7 Å². The van der Waals surface area contributed by atoms with Crippen molar-refractivity contribution >= 4 is 11.9 Å². The molecule has 4 rings (SSSR count). The molecule has 0 radical (unpaired) electrons. The number of esters is 2. The molecule has 36 heavy (non-hydrogen) atoms. The highest BCUT2D eigenvalue weighted by Gasteiger charge is 2.31. The molecule has 1 unspecified atom stereocenters. The van der Waals surface area contributed by atoms with E-state index in [1.54, 1.807) is 42.5 Å². The highest BCUT2D eigenvalue weighted by Crippen LogP contribution is 2.43. The van der Waals surface area contributed by atoms with Crippen LogP contribution in [0.2, 0.25) is 0 Å². The molecule has 2 N–H and O–H groups in total. The van der Waals surface area contributed by atoms with Crippen molar-refractivity contribution in [3.8, 4) is 23.3 Å². The molecule has 0 spiro atoms. The standard InChI is InChI=1S/C28H24N2O6/c1-16-5-4-6-17(2)26(16)34-15-24(31)35-20-11-12-21-23(13-20)36-27(30)22(14-29)25(21)18-7-9-19(10-8-18)28(32)33-3/h4-13,25H,15,30H2,1-3H3. The molecule has 8 heteroatoms. The maximum absolute atomic E-state index is 12.4. The van der Waals surface area contributed by atoms with E-state index in [1.807, 2.05) is 32.0 Å². The molecular weight excluding hydrogens is 460 g/mol. The van der Waals surface area contributed by atoms with Gasteiger partial charge in [-0.3, -0.25) is 0 Å². The van der Waals surface area contributed by atoms with Gasteiger partial charge in [0.2, 0.25) is 5.88 Å². The lowest BCUT2D eigenvalue weighted by Gasteiger charge is -2.26. The van der Waals surface area contributed by atoms with Crippen LogP contribution in [-0.4, -0.2) is 25.7 Å². The number of hydrogen-bond donors (Lipinski definition) is 1. The third-order valence-electron chi connectivity index (χ3n) is 5.83. The topological polar surface area (TPSA) is 121 Å². The van der Waals surface area contributed by atoms with E-state index in [-0.39, 0.29) is 23.8 Å². The highest BCUT2D eigenvalue weighted by molar-refractivity contribution is 5.89. The first-order valence-corrected chi connectivity index (χ1v) is 11.1. The van der Waals surface area contributed by atoms with Crippen molar-refractivity contribution in [2.24, 2.45) is 5.73 Å². The molecule has 0 saturated heterocycles. The van der Waals surface area contributed by atoms with Gasteiger partial charge in [0.15, 0.2) is 6.61 Å². The van der Waals surface area contributed by atoms with Crippen molar-refractivity contribution in [1.82, 2.24) is 0 Å². The van der Waals surface area contributed by atoms with Crippen LogP contribution < -0.4 is 19.9 Å². The Morgan fingerprint density at radius 2 is 1.75 bits per heavy atom. The molecule has 0 aromatic heterocycles. The first kappa shape index (κ1) is 24.4. The van der Waals surface area contributed by atoms with Crippen LogP contribution in [0.5, 0.6) is 17.2 Å². The number of rotatable bonds is 6. The van der Waals surface area contributed by atoms with Crippen LogP contribution in [0.25, 0.3) is 0 Å². The number of methoxy groups -OCH3 is 1. The Morgan fingerprint density at radius 1 is 1.06 bits per heavy atom. The van der Waals surface area contributed by atoms with Crippen LogP contribution >= 0.6 is 0 Å². The zero-order chi connectivity index (χ0) is 25.8. The smallest absolute Gasteiger partial charge is 0.349 e. The van der Waals surface area contributed by atoms with Gasteiger partial charge < -0.3 is 24.7 Å². The van der Waals surface area contributed by atoms with Crippen molar-refractivity contribution in [2.45, 2.75) is 19.8 Å². The Kier molecular flexibility index (Phi) is 6.93. The van der Waals surface area contributed by atoms with Crippen LogP contribution in [0.3, 0.4) is 0 Å². The van der Waals surface area contributed by atoms with E-state index in [1.165, 1.54) is 7.11 Å². The van der Waals surface area contributed by atoms with Gasteiger partial charge in [-0.2, -0.15) is 5.26 Å². The Labute approximate surface area is 208 Å². The fraction of sp³-hybridized carbons (Fsp3) is 0.179. The van der Waals surface area contributed by atoms with Crippen molar-refractivity contribution < 1.29 is 28.5 Å². The molecule has 182 valence electrons. The van der Waals surface area contributed by atoms with Gasteiger partial charge >= 0.3 is 11.9 Å². The van der Waals surface area contributed by atoms with E-state index < -0.39 is 17.9 Å². The number of nitrogens with two attached hydrogens (primary N) is 1. The molecular formula is C28H24N2O6. The summed E-state index contributed by atoms with van der Waals surface area (Å²) < 4.78 is 21.5. The van der Waals surface area contributed by atoms with Gasteiger partial charge in [0.1, 0.15) is 28.9 Å². The molecule has 0 bridgehead atoms. The number of nitrogens with zero attached hydrogens (tertiary/aromatic N) is 1. The molecule has 0 saturated carbocycles. The average Bonchev–Trinajstić information content (AvgIpc) is 2.87. The first-order valence-electron chi connectivity index (χ1n) is 11.1. The van der Waals surface area contributed by atoms with Crippen LogP contribution in [0.15, 0.2) is 72.1 Å². The van der Waals surface area contributed by atoms with Crippen LogP contribution in [-0.2, 0) is 9.53 Å². The molecule has 0 fully saturated rings. The molecule has 3 aromatic carbocycles. The Hall–Kier alpha value is -4.77. The van der Waals surface area contributed by atoms with Crippen LogP contribution in [0.4, 0.5) is 0 Å². The summed E-state index contributed by atoms with van der Waals surface area (Å²) in [4.78, 5) is 24.2. The number of allylic oxidation sites excluding steroid dienone is 1. The van der Waals surface area contributed by atoms with Gasteiger partial charge in [-0.15, -0.1) is 0 Å². The lowest BCUT2D eigenvalue weighted by Crippen LogP contribution is -2.22. The number of benzene rings is 3. The van der Waals surface area contributed by atoms with Crippen LogP contribution in [0.1, 0.15) is 38.5 Å². The summed E-state index contributed by atoms with van der Waals surface area (Å²) in [7, 11) is 1.31. The highest BCUT2D eigenvalue weighted by atomic mass is 16.6. The molecule has 1 aliphatic rings. The number of carbonyl (C=O) groups is 2. The van der Waals surface area contributed by atoms with E-state index in [9.17, 15) is 14.9 Å². The normalized spacial score (nSPS) is 14.2. The van der Waals surface area contributed by atoms with Gasteiger partial charge in [0, 0.05) is 11.6 Å². The zero-order valence-electron chi connectivity index (χ0n) is 20.0. The van der Waals surface area contributed by atoms with Gasteiger partial charge in [-0.1, -0.05) is 36.4 Å². The summed E-state index contributed by atoms with van der Waals surface area (Å²) in [6, 6.07) is 19.4. The second kappa shape index (κ2) is 10.2. The summed E-state index contributed by atoms with van der Waals surface area (Å²) in [6.45, 7) is 3.54. The summed E-state index contributed by atoms with van der Waals surface area (Å²) in [5.74, 6) is -0.365. The van der Waals surface area contributed by atoms with Crippen molar-refractivity contribution in [1.29, 1.82) is 5.26 Å². The molecule has 8 nitrogen and oxygen atoms in total. The predicted octanol–water partition coefficient (Wildman–Crippen LogP) is 4.29. The predicted molar refractivity (Wildman–Crippen MR) is 131 cm³/mol. The number of carbonyl (C=O) groups excluding carboxylic acids is 2. The molecule has 1 aliphatic heterocycles. The zero-order valence-corrected chi connectivity index (χ0v) is 20.0. The number of fused-ring (bicyclic) bond motifs is 1. The third kappa shape index (κ3) is 4.86. The number of hydrogen-bond acceptors (Lipinski definition) is 8. The van der Waals surface area contributed by atoms with E-state index in [4.69, 9.17) is 24.7 Å². The SMILES string of the molecule is COC(=O)c1ccc(C2C(C#N)=C(N)Oc3cc(OC(=O)COc4c(C)cccc4C)ccc32)cc1. The molecule has 1 atom stereocenters.